The van der Waals surface area contributed by atoms with E-state index in [1.807, 2.05) is 0 Å². The first-order valence-electron chi connectivity index (χ1n) is 13.4. The smallest absolute Gasteiger partial charge is 0.326 e. The number of carboxylic acid groups (broad SMARTS) is 1. The molecule has 5 amide bonds. The molecule has 1 aliphatic heterocycles. The summed E-state index contributed by atoms with van der Waals surface area (Å²) in [7, 11) is 0. The van der Waals surface area contributed by atoms with E-state index < -0.39 is 60.2 Å². The zero-order chi connectivity index (χ0) is 31.7. The number of guanidine groups is 2. The van der Waals surface area contributed by atoms with Crippen molar-refractivity contribution in [2.45, 2.75) is 56.7 Å². The molecule has 0 bridgehead atoms. The van der Waals surface area contributed by atoms with E-state index in [-0.39, 0.29) is 70.3 Å². The Balaban J connectivity index is 2.84. The first-order valence-corrected chi connectivity index (χ1v) is 13.4. The van der Waals surface area contributed by atoms with Crippen LogP contribution in [0.25, 0.3) is 0 Å². The fraction of sp³-hybridized carbons (Fsp3) is 0.652. The maximum Gasteiger partial charge on any atom is 0.326 e. The molecule has 0 aliphatic carbocycles. The average molecular weight is 599 g/mol. The third-order valence-corrected chi connectivity index (χ3v) is 6.16. The molecule has 1 rings (SSSR count). The lowest BCUT2D eigenvalue weighted by atomic mass is 10.1. The van der Waals surface area contributed by atoms with Crippen LogP contribution in [0.3, 0.4) is 0 Å². The third-order valence-electron chi connectivity index (χ3n) is 6.16. The first-order chi connectivity index (χ1) is 19.8. The summed E-state index contributed by atoms with van der Waals surface area (Å²) in [6.45, 7) is -0.397. The van der Waals surface area contributed by atoms with E-state index in [2.05, 4.69) is 31.9 Å². The Labute approximate surface area is 242 Å². The molecule has 0 radical (unpaired) electrons. The van der Waals surface area contributed by atoms with E-state index >= 15 is 0 Å². The highest BCUT2D eigenvalue weighted by Gasteiger charge is 2.36. The minimum atomic E-state index is -1.29. The van der Waals surface area contributed by atoms with Gasteiger partial charge >= 0.3 is 5.97 Å². The van der Waals surface area contributed by atoms with Gasteiger partial charge in [-0.05, 0) is 38.5 Å². The number of nitrogens with one attached hydrogen (secondary N) is 8. The van der Waals surface area contributed by atoms with Crippen molar-refractivity contribution in [1.82, 2.24) is 36.8 Å². The minimum Gasteiger partial charge on any atom is -0.480 e. The standard InChI is InChI=1S/C23H42N12O7/c24-10-16(36)31-11-17(37)32-12-18(38)35-9-3-6-15(35)20(40)33-13(4-1-7-29-22(25)26)19(39)34-14(21(41)42)5-2-8-30-23(27)28/h13-15H,1-12,24H2,(H,31,36)(H,32,37)(H,33,40)(H,34,39)(H,41,42)(H4,25,26,29)(H4,27,28,30)/t13-,14-,15-/m0/s1. The fourth-order valence-electron chi connectivity index (χ4n) is 4.05. The number of carbonyl (C=O) groups is 6. The number of aliphatic carboxylic acids is 1. The van der Waals surface area contributed by atoms with E-state index in [4.69, 9.17) is 28.0 Å². The highest BCUT2D eigenvalue weighted by Crippen LogP contribution is 2.18. The fourth-order valence-corrected chi connectivity index (χ4v) is 4.05. The van der Waals surface area contributed by atoms with Crippen LogP contribution in [0, 0.1) is 10.8 Å². The Kier molecular flexibility index (Phi) is 15.7. The van der Waals surface area contributed by atoms with Crippen molar-refractivity contribution >= 4 is 47.4 Å². The van der Waals surface area contributed by atoms with Crippen molar-refractivity contribution in [3.8, 4) is 0 Å². The van der Waals surface area contributed by atoms with Crippen LogP contribution in [0.4, 0.5) is 0 Å². The van der Waals surface area contributed by atoms with Crippen LogP contribution in [-0.2, 0) is 28.8 Å². The van der Waals surface area contributed by atoms with E-state index in [0.29, 0.717) is 12.8 Å². The van der Waals surface area contributed by atoms with Crippen LogP contribution in [0.1, 0.15) is 38.5 Å². The molecule has 3 atom stereocenters. The van der Waals surface area contributed by atoms with Gasteiger partial charge in [-0.15, -0.1) is 0 Å². The predicted octanol–water partition coefficient (Wildman–Crippen LogP) is -5.25. The van der Waals surface area contributed by atoms with Gasteiger partial charge in [0.1, 0.15) is 18.1 Å². The summed E-state index contributed by atoms with van der Waals surface area (Å²) in [5, 5.41) is 38.8. The number of rotatable bonds is 18. The van der Waals surface area contributed by atoms with Crippen LogP contribution < -0.4 is 49.1 Å². The Morgan fingerprint density at radius 3 is 1.95 bits per heavy atom. The summed E-state index contributed by atoms with van der Waals surface area (Å²) >= 11 is 0. The molecular weight excluding hydrogens is 556 g/mol. The van der Waals surface area contributed by atoms with E-state index in [1.54, 1.807) is 0 Å². The van der Waals surface area contributed by atoms with E-state index in [0.717, 1.165) is 0 Å². The summed E-state index contributed by atoms with van der Waals surface area (Å²) in [6, 6.07) is -3.36. The molecule has 19 nitrogen and oxygen atoms in total. The SMILES string of the molecule is N=C(N)NCCC[C@H](NC(=O)[C@H](CCCNC(=N)N)NC(=O)[C@@H]1CCCN1C(=O)CNC(=O)CNC(=O)CN)C(=O)O. The summed E-state index contributed by atoms with van der Waals surface area (Å²) < 4.78 is 0. The highest BCUT2D eigenvalue weighted by molar-refractivity contribution is 5.94. The van der Waals surface area contributed by atoms with Gasteiger partial charge in [-0.25, -0.2) is 4.79 Å². The molecule has 1 heterocycles. The van der Waals surface area contributed by atoms with Crippen LogP contribution >= 0.6 is 0 Å². The second kappa shape index (κ2) is 18.6. The lowest BCUT2D eigenvalue weighted by Gasteiger charge is -2.27. The number of carbonyl (C=O) groups excluding carboxylic acids is 5. The molecule has 1 aliphatic rings. The summed E-state index contributed by atoms with van der Waals surface area (Å²) in [5.74, 6) is -4.91. The summed E-state index contributed by atoms with van der Waals surface area (Å²) in [6.07, 6.45) is 1.48. The molecule has 0 saturated carbocycles. The number of nitrogens with two attached hydrogens (primary N) is 3. The number of carboxylic acids is 1. The predicted molar refractivity (Wildman–Crippen MR) is 150 cm³/mol. The lowest BCUT2D eigenvalue weighted by molar-refractivity contribution is -0.143. The summed E-state index contributed by atoms with van der Waals surface area (Å²) in [5.41, 5.74) is 15.6. The van der Waals surface area contributed by atoms with Gasteiger partial charge in [-0.2, -0.15) is 0 Å². The Bertz CT molecular complexity index is 1010. The molecule has 0 aromatic carbocycles. The van der Waals surface area contributed by atoms with Gasteiger partial charge in [0.15, 0.2) is 11.9 Å². The number of hydrogen-bond acceptors (Lipinski definition) is 9. The molecule has 19 heteroatoms. The largest absolute Gasteiger partial charge is 0.480 e. The van der Waals surface area contributed by atoms with Gasteiger partial charge in [0.25, 0.3) is 0 Å². The zero-order valence-corrected chi connectivity index (χ0v) is 23.3. The highest BCUT2D eigenvalue weighted by atomic mass is 16.4. The van der Waals surface area contributed by atoms with Crippen molar-refractivity contribution in [2.75, 3.05) is 39.3 Å². The Hall–Kier alpha value is -4.68. The maximum absolute atomic E-state index is 13.2. The molecule has 1 saturated heterocycles. The minimum absolute atomic E-state index is 0.0282. The van der Waals surface area contributed by atoms with Crippen LogP contribution in [-0.4, -0.2) is 115 Å². The van der Waals surface area contributed by atoms with Crippen molar-refractivity contribution in [2.24, 2.45) is 17.2 Å². The van der Waals surface area contributed by atoms with E-state index in [1.165, 1.54) is 4.90 Å². The van der Waals surface area contributed by atoms with Gasteiger partial charge in [-0.3, -0.25) is 34.8 Å². The second-order valence-electron chi connectivity index (χ2n) is 9.43. The first kappa shape index (κ1) is 35.3. The molecule has 0 aromatic rings. The monoisotopic (exact) mass is 598 g/mol. The lowest BCUT2D eigenvalue weighted by Crippen LogP contribution is -2.56. The van der Waals surface area contributed by atoms with Crippen LogP contribution in [0.15, 0.2) is 0 Å². The molecule has 0 unspecified atom stereocenters. The molecule has 1 fully saturated rings. The number of hydrogen-bond donors (Lipinski definition) is 12. The molecule has 0 aromatic heterocycles. The molecule has 0 spiro atoms. The van der Waals surface area contributed by atoms with Gasteiger partial charge < -0.3 is 59.1 Å². The van der Waals surface area contributed by atoms with Crippen molar-refractivity contribution < 1.29 is 33.9 Å². The Morgan fingerprint density at radius 1 is 0.833 bits per heavy atom. The number of likely N-dealkylation sites (tertiary alicyclic amines) is 1. The van der Waals surface area contributed by atoms with Crippen LogP contribution in [0.5, 0.6) is 0 Å². The summed E-state index contributed by atoms with van der Waals surface area (Å²) in [4.78, 5) is 75.1. The van der Waals surface area contributed by atoms with Crippen LogP contribution in [0.2, 0.25) is 0 Å². The van der Waals surface area contributed by atoms with Crippen molar-refractivity contribution in [3.05, 3.63) is 0 Å². The number of amides is 5. The van der Waals surface area contributed by atoms with Crippen molar-refractivity contribution in [3.63, 3.8) is 0 Å². The van der Waals surface area contributed by atoms with Gasteiger partial charge in [0.05, 0.1) is 19.6 Å². The van der Waals surface area contributed by atoms with Gasteiger partial charge in [0.2, 0.25) is 29.5 Å². The third kappa shape index (κ3) is 13.6. The number of nitrogens with zero attached hydrogens (tertiary/aromatic N) is 1. The van der Waals surface area contributed by atoms with Gasteiger partial charge in [-0.1, -0.05) is 0 Å². The maximum atomic E-state index is 13.2. The average Bonchev–Trinajstić information content (AvgIpc) is 3.43. The zero-order valence-electron chi connectivity index (χ0n) is 23.3. The van der Waals surface area contributed by atoms with Crippen molar-refractivity contribution in [1.29, 1.82) is 10.8 Å². The Morgan fingerprint density at radius 2 is 1.40 bits per heavy atom. The van der Waals surface area contributed by atoms with Gasteiger partial charge in [0, 0.05) is 19.6 Å². The quantitative estimate of drug-likeness (QED) is 0.0400. The molecule has 42 heavy (non-hydrogen) atoms. The molecule has 236 valence electrons. The second-order valence-corrected chi connectivity index (χ2v) is 9.43. The van der Waals surface area contributed by atoms with E-state index in [9.17, 15) is 33.9 Å². The normalized spacial score (nSPS) is 15.5. The molecular formula is C23H42N12O7. The topological polar surface area (TPSA) is 324 Å². The molecule has 15 N–H and O–H groups in total.